The minimum absolute atomic E-state index is 0.0749. The fourth-order valence-corrected chi connectivity index (χ4v) is 3.67. The first-order valence-corrected chi connectivity index (χ1v) is 10.8. The molecule has 1 unspecified atom stereocenters. The zero-order valence-corrected chi connectivity index (χ0v) is 18.8. The molecule has 0 spiro atoms. The molecule has 10 heteroatoms. The number of fused-ring (bicyclic) bond motifs is 1. The smallest absolute Gasteiger partial charge is 0.332 e. The van der Waals surface area contributed by atoms with E-state index in [1.54, 1.807) is 22.8 Å². The van der Waals surface area contributed by atoms with Crippen LogP contribution in [0.25, 0.3) is 11.2 Å². The minimum atomic E-state index is -1.50. The molecule has 2 heterocycles. The molecule has 2 aromatic heterocycles. The quantitative estimate of drug-likeness (QED) is 0.406. The van der Waals surface area contributed by atoms with E-state index in [0.717, 1.165) is 10.1 Å². The maximum Gasteiger partial charge on any atom is 0.332 e. The number of imidazole rings is 1. The third-order valence-electron chi connectivity index (χ3n) is 5.23. The number of nitrogens with zero attached hydrogens (tertiary/aromatic N) is 4. The fraction of sp³-hybridized carbons (Fsp3) is 0.292. The Morgan fingerprint density at radius 3 is 2.50 bits per heavy atom. The Balaban J connectivity index is 1.88. The maximum atomic E-state index is 13.3. The first-order valence-electron chi connectivity index (χ1n) is 10.8. The van der Waals surface area contributed by atoms with E-state index in [1.165, 1.54) is 24.6 Å². The second-order valence-corrected chi connectivity index (χ2v) is 7.75. The summed E-state index contributed by atoms with van der Waals surface area (Å²) in [5.41, 5.74) is 0.210. The normalized spacial score (nSPS) is 12.1. The van der Waals surface area contributed by atoms with E-state index >= 15 is 0 Å². The zero-order valence-electron chi connectivity index (χ0n) is 18.8. The van der Waals surface area contributed by atoms with Crippen LogP contribution >= 0.6 is 0 Å². The minimum Gasteiger partial charge on any atom is -0.461 e. The van der Waals surface area contributed by atoms with Crippen molar-refractivity contribution in [3.8, 4) is 17.5 Å². The van der Waals surface area contributed by atoms with Crippen molar-refractivity contribution in [3.63, 3.8) is 0 Å². The van der Waals surface area contributed by atoms with Gasteiger partial charge in [-0.25, -0.2) is 9.18 Å². The molecule has 0 aliphatic heterocycles. The number of hydrogen-bond acceptors (Lipinski definition) is 6. The van der Waals surface area contributed by atoms with Gasteiger partial charge in [-0.1, -0.05) is 36.4 Å². The summed E-state index contributed by atoms with van der Waals surface area (Å²) in [6, 6.07) is 16.0. The highest BCUT2D eigenvalue weighted by molar-refractivity contribution is 5.72. The van der Waals surface area contributed by atoms with Crippen molar-refractivity contribution in [2.24, 2.45) is 7.05 Å². The van der Waals surface area contributed by atoms with Crippen molar-refractivity contribution in [2.75, 3.05) is 6.61 Å². The Morgan fingerprint density at radius 2 is 1.79 bits per heavy atom. The van der Waals surface area contributed by atoms with Gasteiger partial charge in [0.05, 0.1) is 6.54 Å². The van der Waals surface area contributed by atoms with Gasteiger partial charge in [-0.2, -0.15) is 4.98 Å². The van der Waals surface area contributed by atoms with Gasteiger partial charge >= 0.3 is 11.7 Å². The number of rotatable bonds is 9. The molecule has 1 atom stereocenters. The number of aryl methyl sites for hydroxylation is 1. The fourth-order valence-electron chi connectivity index (χ4n) is 3.67. The molecule has 34 heavy (non-hydrogen) atoms. The highest BCUT2D eigenvalue weighted by Crippen LogP contribution is 2.28. The summed E-state index contributed by atoms with van der Waals surface area (Å²) in [5.74, 6) is 0.602. The Hall–Kier alpha value is -3.92. The molecule has 0 bridgehead atoms. The van der Waals surface area contributed by atoms with Crippen molar-refractivity contribution in [3.05, 3.63) is 81.0 Å². The molecule has 0 fully saturated rings. The molecule has 0 aliphatic carbocycles. The van der Waals surface area contributed by atoms with E-state index in [-0.39, 0.29) is 49.0 Å². The molecule has 0 radical (unpaired) electrons. The van der Waals surface area contributed by atoms with Gasteiger partial charge in [0.15, 0.2) is 11.2 Å². The lowest BCUT2D eigenvalue weighted by Crippen LogP contribution is -2.39. The van der Waals surface area contributed by atoms with Gasteiger partial charge in [0.1, 0.15) is 11.5 Å². The summed E-state index contributed by atoms with van der Waals surface area (Å²) in [5, 5.41) is 9.19. The van der Waals surface area contributed by atoms with Gasteiger partial charge in [0.25, 0.3) is 5.56 Å². The lowest BCUT2D eigenvalue weighted by atomic mass is 10.2. The lowest BCUT2D eigenvalue weighted by Gasteiger charge is -2.12. The van der Waals surface area contributed by atoms with E-state index in [1.807, 2.05) is 30.3 Å². The van der Waals surface area contributed by atoms with Gasteiger partial charge in [-0.05, 0) is 24.1 Å². The SMILES string of the molecule is CC(F)Oc1cccc(Oc2nc3c(c(=O)n(CCCO)c(=O)n3C)n2Cc2ccccc2)c1. The van der Waals surface area contributed by atoms with Crippen LogP contribution in [0.3, 0.4) is 0 Å². The summed E-state index contributed by atoms with van der Waals surface area (Å²) >= 11 is 0. The maximum absolute atomic E-state index is 13.3. The number of halogens is 1. The predicted molar refractivity (Wildman–Crippen MR) is 124 cm³/mol. The van der Waals surface area contributed by atoms with E-state index in [2.05, 4.69) is 4.98 Å². The third kappa shape index (κ3) is 4.72. The van der Waals surface area contributed by atoms with Crippen LogP contribution in [-0.2, 0) is 20.1 Å². The lowest BCUT2D eigenvalue weighted by molar-refractivity contribution is 0.0858. The first kappa shape index (κ1) is 23.2. The van der Waals surface area contributed by atoms with E-state index < -0.39 is 17.6 Å². The second-order valence-electron chi connectivity index (χ2n) is 7.75. The summed E-state index contributed by atoms with van der Waals surface area (Å²) in [6.45, 7) is 1.46. The Labute approximate surface area is 194 Å². The van der Waals surface area contributed by atoms with E-state index in [9.17, 15) is 19.1 Å². The molecule has 178 valence electrons. The molecule has 0 saturated carbocycles. The van der Waals surface area contributed by atoms with Gasteiger partial charge in [-0.15, -0.1) is 0 Å². The van der Waals surface area contributed by atoms with Crippen molar-refractivity contribution in [2.45, 2.75) is 32.8 Å². The highest BCUT2D eigenvalue weighted by Gasteiger charge is 2.22. The standard InChI is InChI=1S/C24H25FN4O5/c1-16(25)33-18-10-6-11-19(14-18)34-23-26-21-20(29(23)15-17-8-4-3-5-9-17)22(31)28(12-7-13-30)24(32)27(21)2/h3-6,8-11,14,16,30H,7,12-13,15H2,1-2H3. The molecule has 9 nitrogen and oxygen atoms in total. The van der Waals surface area contributed by atoms with Crippen LogP contribution < -0.4 is 20.7 Å². The van der Waals surface area contributed by atoms with Crippen LogP contribution in [0.4, 0.5) is 4.39 Å². The number of hydrogen-bond donors (Lipinski definition) is 1. The summed E-state index contributed by atoms with van der Waals surface area (Å²) in [4.78, 5) is 30.6. The monoisotopic (exact) mass is 468 g/mol. The average molecular weight is 468 g/mol. The molecule has 0 amide bonds. The molecule has 0 aliphatic rings. The molecule has 2 aromatic carbocycles. The number of aromatic nitrogens is 4. The van der Waals surface area contributed by atoms with Crippen molar-refractivity contribution < 1.29 is 19.0 Å². The average Bonchev–Trinajstić information content (AvgIpc) is 3.16. The summed E-state index contributed by atoms with van der Waals surface area (Å²) in [6.07, 6.45) is -1.24. The number of aliphatic hydroxyl groups excluding tert-OH is 1. The van der Waals surface area contributed by atoms with Crippen LogP contribution in [0, 0.1) is 0 Å². The molecule has 1 N–H and O–H groups in total. The third-order valence-corrected chi connectivity index (χ3v) is 5.23. The molecular formula is C24H25FN4O5. The first-order chi connectivity index (χ1) is 16.4. The number of aliphatic hydroxyl groups is 1. The second kappa shape index (κ2) is 9.92. The highest BCUT2D eigenvalue weighted by atomic mass is 19.1. The summed E-state index contributed by atoms with van der Waals surface area (Å²) < 4.78 is 28.4. The molecule has 4 aromatic rings. The van der Waals surface area contributed by atoms with Crippen molar-refractivity contribution in [1.82, 2.24) is 18.7 Å². The topological polar surface area (TPSA) is 101 Å². The van der Waals surface area contributed by atoms with Crippen LogP contribution in [0.1, 0.15) is 18.9 Å². The van der Waals surface area contributed by atoms with Gasteiger partial charge in [0.2, 0.25) is 6.36 Å². The Bertz CT molecular complexity index is 1410. The molecule has 0 saturated heterocycles. The van der Waals surface area contributed by atoms with Gasteiger partial charge in [-0.3, -0.25) is 18.5 Å². The number of alkyl halides is 1. The van der Waals surface area contributed by atoms with E-state index in [4.69, 9.17) is 9.47 Å². The zero-order chi connectivity index (χ0) is 24.2. The van der Waals surface area contributed by atoms with Gasteiger partial charge < -0.3 is 14.6 Å². The Kier molecular flexibility index (Phi) is 6.78. The largest absolute Gasteiger partial charge is 0.461 e. The van der Waals surface area contributed by atoms with Crippen LogP contribution in [-0.4, -0.2) is 36.8 Å². The van der Waals surface area contributed by atoms with Crippen LogP contribution in [0.2, 0.25) is 0 Å². The van der Waals surface area contributed by atoms with Crippen LogP contribution in [0.15, 0.2) is 64.2 Å². The van der Waals surface area contributed by atoms with Crippen LogP contribution in [0.5, 0.6) is 17.5 Å². The summed E-state index contributed by atoms with van der Waals surface area (Å²) in [7, 11) is 1.53. The Morgan fingerprint density at radius 1 is 1.06 bits per heavy atom. The van der Waals surface area contributed by atoms with Gasteiger partial charge in [0, 0.05) is 33.2 Å². The van der Waals surface area contributed by atoms with E-state index in [0.29, 0.717) is 5.75 Å². The molecule has 4 rings (SSSR count). The van der Waals surface area contributed by atoms with Crippen molar-refractivity contribution in [1.29, 1.82) is 0 Å². The van der Waals surface area contributed by atoms with Crippen molar-refractivity contribution >= 4 is 11.2 Å². The number of benzene rings is 2. The number of ether oxygens (including phenoxy) is 2. The molecular weight excluding hydrogens is 443 g/mol. The predicted octanol–water partition coefficient (Wildman–Crippen LogP) is 2.81.